The first kappa shape index (κ1) is 20.2. The molecule has 6 nitrogen and oxygen atoms in total. The molecule has 156 valence electrons. The Labute approximate surface area is 179 Å². The number of hydrogen-bond acceptors (Lipinski definition) is 5. The molecule has 0 atom stereocenters. The molecule has 1 heterocycles. The van der Waals surface area contributed by atoms with Crippen LogP contribution in [0.1, 0.15) is 15.9 Å². The molecular weight excluding hydrogens is 394 g/mol. The lowest BCUT2D eigenvalue weighted by Gasteiger charge is -2.13. The lowest BCUT2D eigenvalue weighted by molar-refractivity contribution is 0.102. The number of methoxy groups -OCH3 is 2. The molecule has 0 saturated heterocycles. The Morgan fingerprint density at radius 3 is 2.48 bits per heavy atom. The zero-order chi connectivity index (χ0) is 22.0. The van der Waals surface area contributed by atoms with E-state index in [0.29, 0.717) is 39.5 Å². The van der Waals surface area contributed by atoms with Gasteiger partial charge in [0.1, 0.15) is 17.1 Å². The van der Waals surface area contributed by atoms with Crippen molar-refractivity contribution in [3.8, 4) is 22.6 Å². The van der Waals surface area contributed by atoms with E-state index in [1.165, 1.54) is 14.2 Å². The predicted molar refractivity (Wildman–Crippen MR) is 120 cm³/mol. The van der Waals surface area contributed by atoms with Gasteiger partial charge in [-0.1, -0.05) is 30.3 Å². The van der Waals surface area contributed by atoms with Gasteiger partial charge in [0.2, 0.25) is 0 Å². The van der Waals surface area contributed by atoms with Crippen molar-refractivity contribution in [2.75, 3.05) is 19.5 Å². The van der Waals surface area contributed by atoms with Crippen molar-refractivity contribution in [1.29, 1.82) is 0 Å². The highest BCUT2D eigenvalue weighted by atomic mass is 16.5. The maximum atomic E-state index is 12.8. The molecule has 3 aromatic carbocycles. The number of nitrogens with one attached hydrogen (secondary N) is 1. The smallest absolute Gasteiger partial charge is 0.344 e. The standard InChI is InChI=1S/C25H21NO5/c1-15-7-6-9-19(23(15)30-3)24(27)26-17-11-12-18(22(14-17)29-2)20-13-16-8-4-5-10-21(16)31-25(20)28/h4-14H,1-3H3,(H,26,27). The zero-order valence-corrected chi connectivity index (χ0v) is 17.4. The molecule has 0 bridgehead atoms. The molecule has 1 aromatic heterocycles. The topological polar surface area (TPSA) is 77.8 Å². The summed E-state index contributed by atoms with van der Waals surface area (Å²) < 4.78 is 16.3. The van der Waals surface area contributed by atoms with Gasteiger partial charge in [0, 0.05) is 22.7 Å². The number of carbonyl (C=O) groups is 1. The summed E-state index contributed by atoms with van der Waals surface area (Å²) in [6.07, 6.45) is 0. The van der Waals surface area contributed by atoms with Gasteiger partial charge in [0.05, 0.1) is 25.3 Å². The molecule has 31 heavy (non-hydrogen) atoms. The maximum Gasteiger partial charge on any atom is 0.344 e. The molecule has 0 spiro atoms. The lowest BCUT2D eigenvalue weighted by atomic mass is 10.0. The van der Waals surface area contributed by atoms with Crippen LogP contribution in [0.15, 0.2) is 75.9 Å². The summed E-state index contributed by atoms with van der Waals surface area (Å²) in [4.78, 5) is 25.4. The Hall–Kier alpha value is -4.06. The highest BCUT2D eigenvalue weighted by molar-refractivity contribution is 6.06. The Balaban J connectivity index is 1.70. The number of anilines is 1. The van der Waals surface area contributed by atoms with E-state index in [-0.39, 0.29) is 5.91 Å². The van der Waals surface area contributed by atoms with E-state index in [1.54, 1.807) is 42.5 Å². The van der Waals surface area contributed by atoms with Crippen LogP contribution in [0, 0.1) is 6.92 Å². The molecule has 0 aliphatic rings. The van der Waals surface area contributed by atoms with E-state index in [2.05, 4.69) is 5.32 Å². The fourth-order valence-corrected chi connectivity index (χ4v) is 3.54. The van der Waals surface area contributed by atoms with Crippen LogP contribution in [-0.2, 0) is 0 Å². The minimum absolute atomic E-state index is 0.305. The Morgan fingerprint density at radius 1 is 0.903 bits per heavy atom. The molecule has 6 heteroatoms. The van der Waals surface area contributed by atoms with Crippen LogP contribution in [0.2, 0.25) is 0 Å². The quantitative estimate of drug-likeness (QED) is 0.462. The van der Waals surface area contributed by atoms with Gasteiger partial charge in [-0.05, 0) is 42.8 Å². The second kappa shape index (κ2) is 8.36. The average molecular weight is 415 g/mol. The molecule has 0 fully saturated rings. The zero-order valence-electron chi connectivity index (χ0n) is 17.4. The SMILES string of the molecule is COc1cc(NC(=O)c2cccc(C)c2OC)ccc1-c1cc2ccccc2oc1=O. The number of ether oxygens (including phenoxy) is 2. The highest BCUT2D eigenvalue weighted by Gasteiger charge is 2.17. The summed E-state index contributed by atoms with van der Waals surface area (Å²) in [5, 5.41) is 3.67. The van der Waals surface area contributed by atoms with E-state index in [1.807, 2.05) is 31.2 Å². The number of benzene rings is 3. The van der Waals surface area contributed by atoms with Crippen LogP contribution >= 0.6 is 0 Å². The first-order valence-corrected chi connectivity index (χ1v) is 9.68. The van der Waals surface area contributed by atoms with Gasteiger partial charge in [-0.15, -0.1) is 0 Å². The van der Waals surface area contributed by atoms with Crippen LogP contribution in [0.5, 0.6) is 11.5 Å². The Morgan fingerprint density at radius 2 is 1.71 bits per heavy atom. The van der Waals surface area contributed by atoms with Crippen LogP contribution < -0.4 is 20.4 Å². The molecule has 0 aliphatic heterocycles. The fourth-order valence-electron chi connectivity index (χ4n) is 3.54. The highest BCUT2D eigenvalue weighted by Crippen LogP contribution is 2.33. The van der Waals surface area contributed by atoms with Crippen molar-refractivity contribution >= 4 is 22.6 Å². The third kappa shape index (κ3) is 3.88. The molecule has 0 saturated carbocycles. The van der Waals surface area contributed by atoms with Crippen molar-refractivity contribution in [3.05, 3.63) is 88.3 Å². The molecule has 4 rings (SSSR count). The minimum Gasteiger partial charge on any atom is -0.496 e. The number of carbonyl (C=O) groups excluding carboxylic acids is 1. The fraction of sp³-hybridized carbons (Fsp3) is 0.120. The number of fused-ring (bicyclic) bond motifs is 1. The van der Waals surface area contributed by atoms with Crippen LogP contribution in [0.4, 0.5) is 5.69 Å². The van der Waals surface area contributed by atoms with E-state index in [4.69, 9.17) is 13.9 Å². The summed E-state index contributed by atoms with van der Waals surface area (Å²) in [6.45, 7) is 1.88. The minimum atomic E-state index is -0.460. The number of aryl methyl sites for hydroxylation is 1. The van der Waals surface area contributed by atoms with Gasteiger partial charge in [0.15, 0.2) is 0 Å². The number of rotatable bonds is 5. The number of amides is 1. The first-order chi connectivity index (χ1) is 15.0. The number of hydrogen-bond donors (Lipinski definition) is 1. The van der Waals surface area contributed by atoms with Gasteiger partial charge in [-0.2, -0.15) is 0 Å². The second-order valence-corrected chi connectivity index (χ2v) is 7.01. The van der Waals surface area contributed by atoms with Gasteiger partial charge in [-0.25, -0.2) is 4.79 Å². The van der Waals surface area contributed by atoms with Crippen molar-refractivity contribution in [2.45, 2.75) is 6.92 Å². The van der Waals surface area contributed by atoms with Crippen LogP contribution in [0.25, 0.3) is 22.1 Å². The van der Waals surface area contributed by atoms with Crippen molar-refractivity contribution in [2.24, 2.45) is 0 Å². The first-order valence-electron chi connectivity index (χ1n) is 9.68. The van der Waals surface area contributed by atoms with Crippen molar-refractivity contribution in [3.63, 3.8) is 0 Å². The van der Waals surface area contributed by atoms with Gasteiger partial charge in [-0.3, -0.25) is 4.79 Å². The molecule has 1 N–H and O–H groups in total. The second-order valence-electron chi connectivity index (χ2n) is 7.01. The summed E-state index contributed by atoms with van der Waals surface area (Å²) in [6, 6.07) is 19.6. The molecule has 1 amide bonds. The van der Waals surface area contributed by atoms with E-state index in [9.17, 15) is 9.59 Å². The van der Waals surface area contributed by atoms with Crippen LogP contribution in [-0.4, -0.2) is 20.1 Å². The van der Waals surface area contributed by atoms with Crippen molar-refractivity contribution in [1.82, 2.24) is 0 Å². The largest absolute Gasteiger partial charge is 0.496 e. The monoisotopic (exact) mass is 415 g/mol. The molecule has 0 unspecified atom stereocenters. The molecule has 4 aromatic rings. The number of para-hydroxylation sites is 2. The Bertz CT molecular complexity index is 1340. The third-order valence-electron chi connectivity index (χ3n) is 5.05. The van der Waals surface area contributed by atoms with E-state index in [0.717, 1.165) is 10.9 Å². The summed E-state index contributed by atoms with van der Waals surface area (Å²) in [5.41, 5.74) is 2.84. The summed E-state index contributed by atoms with van der Waals surface area (Å²) in [5.74, 6) is 0.662. The summed E-state index contributed by atoms with van der Waals surface area (Å²) in [7, 11) is 3.04. The van der Waals surface area contributed by atoms with E-state index >= 15 is 0 Å². The lowest BCUT2D eigenvalue weighted by Crippen LogP contribution is -2.14. The maximum absolute atomic E-state index is 12.8. The van der Waals surface area contributed by atoms with Gasteiger partial charge < -0.3 is 19.2 Å². The Kier molecular flexibility index (Phi) is 5.45. The predicted octanol–water partition coefficient (Wildman–Crippen LogP) is 5.04. The van der Waals surface area contributed by atoms with Crippen LogP contribution in [0.3, 0.4) is 0 Å². The average Bonchev–Trinajstić information content (AvgIpc) is 2.78. The molecule has 0 radical (unpaired) electrons. The van der Waals surface area contributed by atoms with Gasteiger partial charge in [0.25, 0.3) is 5.91 Å². The van der Waals surface area contributed by atoms with E-state index < -0.39 is 5.63 Å². The normalized spacial score (nSPS) is 10.7. The summed E-state index contributed by atoms with van der Waals surface area (Å²) >= 11 is 0. The van der Waals surface area contributed by atoms with Gasteiger partial charge >= 0.3 is 5.63 Å². The molecular formula is C25H21NO5. The third-order valence-corrected chi connectivity index (χ3v) is 5.05. The van der Waals surface area contributed by atoms with Crippen molar-refractivity contribution < 1.29 is 18.7 Å². The molecule has 0 aliphatic carbocycles.